The molecule has 0 aromatic carbocycles. The molecule has 0 atom stereocenters. The largest absolute Gasteiger partial charge is 0.339 e. The van der Waals surface area contributed by atoms with E-state index in [1.807, 2.05) is 17.5 Å². The highest BCUT2D eigenvalue weighted by atomic mass is 32.2. The van der Waals surface area contributed by atoms with E-state index < -0.39 is 10.0 Å². The second kappa shape index (κ2) is 8.94. The van der Waals surface area contributed by atoms with E-state index in [1.54, 1.807) is 33.7 Å². The quantitative estimate of drug-likeness (QED) is 0.523. The average molecular weight is 468 g/mol. The van der Waals surface area contributed by atoms with E-state index in [0.29, 0.717) is 44.4 Å². The first-order chi connectivity index (χ1) is 14.4. The van der Waals surface area contributed by atoms with E-state index in [0.717, 1.165) is 20.5 Å². The smallest absolute Gasteiger partial charge is 0.252 e. The molecule has 0 N–H and O–H groups in total. The van der Waals surface area contributed by atoms with Crippen LogP contribution in [0.2, 0.25) is 0 Å². The van der Waals surface area contributed by atoms with Crippen molar-refractivity contribution in [1.29, 1.82) is 0 Å². The van der Waals surface area contributed by atoms with Crippen LogP contribution in [-0.2, 0) is 21.4 Å². The van der Waals surface area contributed by atoms with Crippen LogP contribution in [0, 0.1) is 0 Å². The zero-order valence-corrected chi connectivity index (χ0v) is 18.8. The number of hydrogen-bond acceptors (Lipinski definition) is 9. The monoisotopic (exact) mass is 467 g/mol. The summed E-state index contributed by atoms with van der Waals surface area (Å²) in [5.41, 5.74) is 0. The number of aromatic nitrogens is 2. The maximum atomic E-state index is 12.6. The second-order valence-electron chi connectivity index (χ2n) is 6.84. The lowest BCUT2D eigenvalue weighted by Crippen LogP contribution is -2.51. The molecular weight excluding hydrogens is 446 g/mol. The lowest BCUT2D eigenvalue weighted by Gasteiger charge is -2.34. The standard InChI is InChI=1S/C18H21N5O4S3/c1-21(30(25,26)17-5-3-11-29-17)13-16(24)23-8-6-22(7-9-23)12-15-19-18(20-27-15)14-4-2-10-28-14/h2-5,10-11H,6-9,12-13H2,1H3. The molecule has 0 spiro atoms. The minimum absolute atomic E-state index is 0.173. The Labute approximate surface area is 182 Å². The van der Waals surface area contributed by atoms with Gasteiger partial charge in [0.25, 0.3) is 10.0 Å². The zero-order chi connectivity index (χ0) is 21.1. The Morgan fingerprint density at radius 3 is 2.57 bits per heavy atom. The van der Waals surface area contributed by atoms with Crippen molar-refractivity contribution < 1.29 is 17.7 Å². The number of carbonyl (C=O) groups excluding carboxylic acids is 1. The van der Waals surface area contributed by atoms with Gasteiger partial charge in [-0.05, 0) is 22.9 Å². The van der Waals surface area contributed by atoms with E-state index in [1.165, 1.54) is 7.05 Å². The van der Waals surface area contributed by atoms with Crippen molar-refractivity contribution in [1.82, 2.24) is 24.2 Å². The minimum atomic E-state index is -3.63. The van der Waals surface area contributed by atoms with Crippen molar-refractivity contribution in [3.05, 3.63) is 40.9 Å². The fraction of sp³-hybridized carbons (Fsp3) is 0.389. The van der Waals surface area contributed by atoms with Gasteiger partial charge in [-0.25, -0.2) is 8.42 Å². The van der Waals surface area contributed by atoms with E-state index in [-0.39, 0.29) is 16.7 Å². The van der Waals surface area contributed by atoms with Crippen molar-refractivity contribution in [3.63, 3.8) is 0 Å². The summed E-state index contributed by atoms with van der Waals surface area (Å²) in [6, 6.07) is 7.11. The van der Waals surface area contributed by atoms with E-state index in [2.05, 4.69) is 15.0 Å². The first-order valence-electron chi connectivity index (χ1n) is 9.30. The highest BCUT2D eigenvalue weighted by molar-refractivity contribution is 7.91. The lowest BCUT2D eigenvalue weighted by molar-refractivity contribution is -0.133. The zero-order valence-electron chi connectivity index (χ0n) is 16.3. The molecule has 4 rings (SSSR count). The molecule has 0 aliphatic carbocycles. The van der Waals surface area contributed by atoms with Crippen LogP contribution in [0.1, 0.15) is 5.89 Å². The molecule has 1 saturated heterocycles. The Morgan fingerprint density at radius 1 is 1.17 bits per heavy atom. The highest BCUT2D eigenvalue weighted by Crippen LogP contribution is 2.22. The third-order valence-electron chi connectivity index (χ3n) is 4.81. The summed E-state index contributed by atoms with van der Waals surface area (Å²) in [7, 11) is -2.20. The first kappa shape index (κ1) is 21.1. The maximum Gasteiger partial charge on any atom is 0.252 e. The average Bonchev–Trinajstić information content (AvgIpc) is 3.49. The van der Waals surface area contributed by atoms with Gasteiger partial charge in [-0.1, -0.05) is 17.3 Å². The molecule has 0 radical (unpaired) electrons. The molecule has 0 saturated carbocycles. The van der Waals surface area contributed by atoms with E-state index in [4.69, 9.17) is 4.52 Å². The minimum Gasteiger partial charge on any atom is -0.339 e. The number of hydrogen-bond donors (Lipinski definition) is 0. The molecule has 12 heteroatoms. The number of piperazine rings is 1. The van der Waals surface area contributed by atoms with Crippen LogP contribution in [-0.4, -0.2) is 78.3 Å². The summed E-state index contributed by atoms with van der Waals surface area (Å²) in [6.45, 7) is 2.71. The maximum absolute atomic E-state index is 12.6. The Kier molecular flexibility index (Phi) is 6.29. The van der Waals surface area contributed by atoms with Gasteiger partial charge in [0.2, 0.25) is 17.6 Å². The van der Waals surface area contributed by atoms with Crippen LogP contribution in [0.25, 0.3) is 10.7 Å². The molecule has 0 unspecified atom stereocenters. The van der Waals surface area contributed by atoms with Gasteiger partial charge in [0.05, 0.1) is 18.0 Å². The Bertz CT molecular complexity index is 1070. The fourth-order valence-electron chi connectivity index (χ4n) is 3.11. The van der Waals surface area contributed by atoms with Gasteiger partial charge < -0.3 is 9.42 Å². The Morgan fingerprint density at radius 2 is 1.90 bits per heavy atom. The molecule has 1 aliphatic heterocycles. The summed E-state index contributed by atoms with van der Waals surface area (Å²) in [5, 5.41) is 7.68. The molecule has 1 aliphatic rings. The lowest BCUT2D eigenvalue weighted by atomic mass is 10.3. The number of carbonyl (C=O) groups is 1. The summed E-state index contributed by atoms with van der Waals surface area (Å²) in [6.07, 6.45) is 0. The van der Waals surface area contributed by atoms with Gasteiger partial charge in [-0.2, -0.15) is 9.29 Å². The van der Waals surface area contributed by atoms with Crippen LogP contribution >= 0.6 is 22.7 Å². The van der Waals surface area contributed by atoms with Crippen molar-refractivity contribution >= 4 is 38.6 Å². The van der Waals surface area contributed by atoms with Crippen LogP contribution in [0.5, 0.6) is 0 Å². The second-order valence-corrected chi connectivity index (χ2v) is 11.0. The Balaban J connectivity index is 1.27. The normalized spacial score (nSPS) is 15.7. The van der Waals surface area contributed by atoms with E-state index >= 15 is 0 Å². The summed E-state index contributed by atoms with van der Waals surface area (Å²) in [5.74, 6) is 0.929. The Hall–Kier alpha value is -2.12. The third kappa shape index (κ3) is 4.62. The number of sulfonamides is 1. The van der Waals surface area contributed by atoms with Crippen LogP contribution in [0.15, 0.2) is 43.8 Å². The number of likely N-dealkylation sites (N-methyl/N-ethyl adjacent to an activating group) is 1. The van der Waals surface area contributed by atoms with Gasteiger partial charge in [0.1, 0.15) is 4.21 Å². The number of rotatable bonds is 7. The summed E-state index contributed by atoms with van der Waals surface area (Å²) >= 11 is 2.70. The molecule has 1 fully saturated rings. The SMILES string of the molecule is CN(CC(=O)N1CCN(Cc2nc(-c3cccs3)no2)CC1)S(=O)(=O)c1cccs1. The molecule has 30 heavy (non-hydrogen) atoms. The van der Waals surface area contributed by atoms with Gasteiger partial charge in [0.15, 0.2) is 0 Å². The molecule has 0 bridgehead atoms. The molecule has 3 aromatic rings. The number of thiophene rings is 2. The fourth-order valence-corrected chi connectivity index (χ4v) is 6.08. The molecule has 4 heterocycles. The number of nitrogens with zero attached hydrogens (tertiary/aromatic N) is 5. The van der Waals surface area contributed by atoms with Gasteiger partial charge in [-0.15, -0.1) is 22.7 Å². The predicted octanol–water partition coefficient (Wildman–Crippen LogP) is 1.82. The summed E-state index contributed by atoms with van der Waals surface area (Å²) < 4.78 is 31.7. The van der Waals surface area contributed by atoms with Crippen molar-refractivity contribution in [2.24, 2.45) is 0 Å². The van der Waals surface area contributed by atoms with Crippen LogP contribution < -0.4 is 0 Å². The van der Waals surface area contributed by atoms with E-state index in [9.17, 15) is 13.2 Å². The highest BCUT2D eigenvalue weighted by Gasteiger charge is 2.28. The van der Waals surface area contributed by atoms with Gasteiger partial charge >= 0.3 is 0 Å². The molecule has 160 valence electrons. The van der Waals surface area contributed by atoms with Crippen molar-refractivity contribution in [3.8, 4) is 10.7 Å². The van der Waals surface area contributed by atoms with Crippen LogP contribution in [0.3, 0.4) is 0 Å². The third-order valence-corrected chi connectivity index (χ3v) is 8.85. The predicted molar refractivity (Wildman–Crippen MR) is 114 cm³/mol. The van der Waals surface area contributed by atoms with Crippen LogP contribution in [0.4, 0.5) is 0 Å². The van der Waals surface area contributed by atoms with Crippen molar-refractivity contribution in [2.45, 2.75) is 10.8 Å². The molecule has 9 nitrogen and oxygen atoms in total. The molecule has 3 aromatic heterocycles. The summed E-state index contributed by atoms with van der Waals surface area (Å²) in [4.78, 5) is 21.8. The van der Waals surface area contributed by atoms with Gasteiger partial charge in [-0.3, -0.25) is 9.69 Å². The van der Waals surface area contributed by atoms with Crippen molar-refractivity contribution in [2.75, 3.05) is 39.8 Å². The molecular formula is C18H21N5O4S3. The first-order valence-corrected chi connectivity index (χ1v) is 12.5. The van der Waals surface area contributed by atoms with Gasteiger partial charge in [0, 0.05) is 33.2 Å². The molecule has 1 amide bonds. The topological polar surface area (TPSA) is 99.8 Å². The number of amides is 1.